The van der Waals surface area contributed by atoms with E-state index in [1.807, 2.05) is 0 Å². The van der Waals surface area contributed by atoms with E-state index in [4.69, 9.17) is 0 Å². The van der Waals surface area contributed by atoms with E-state index in [2.05, 4.69) is 0 Å². The molecule has 0 spiro atoms. The third kappa shape index (κ3) is 8.57. The van der Waals surface area contributed by atoms with Crippen molar-refractivity contribution in [3.8, 4) is 0 Å². The quantitative estimate of drug-likeness (QED) is 0.171. The van der Waals surface area contributed by atoms with E-state index >= 15 is 0 Å². The molecule has 43 heavy (non-hydrogen) atoms. The van der Waals surface area contributed by atoms with E-state index in [1.165, 1.54) is 18.2 Å². The summed E-state index contributed by atoms with van der Waals surface area (Å²) in [5.41, 5.74) is 0. The largest absolute Gasteiger partial charge is 3.00 e. The van der Waals surface area contributed by atoms with Crippen LogP contribution in [0, 0.1) is 0 Å². The topological polar surface area (TPSA) is 172 Å². The van der Waals surface area contributed by atoms with Gasteiger partial charge in [-0.15, -0.1) is 0 Å². The van der Waals surface area contributed by atoms with Gasteiger partial charge in [-0.1, -0.05) is 109 Å². The Morgan fingerprint density at radius 2 is 0.535 bits per heavy atom. The molecule has 0 amide bonds. The van der Waals surface area contributed by atoms with Crippen molar-refractivity contribution in [1.29, 1.82) is 0 Å². The molecule has 0 heterocycles. The molecular weight excluding hydrogens is 797 g/mol. The monoisotopic (exact) mass is 818 g/mol. The fourth-order valence-electron chi connectivity index (χ4n) is 4.24. The van der Waals surface area contributed by atoms with Gasteiger partial charge in [-0.25, -0.2) is 25.3 Å². The van der Waals surface area contributed by atoms with E-state index in [9.17, 15) is 38.9 Å². The predicted octanol–water partition coefficient (Wildman–Crippen LogP) is 5.23. The fraction of sp³-hybridized carbons (Fsp3) is 0. The molecule has 0 atom stereocenters. The first-order valence-corrected chi connectivity index (χ1v) is 16.3. The van der Waals surface area contributed by atoms with Crippen LogP contribution in [0.4, 0.5) is 0 Å². The van der Waals surface area contributed by atoms with E-state index in [-0.39, 0.29) is 37.1 Å². The predicted molar refractivity (Wildman–Crippen MR) is 156 cm³/mol. The third-order valence-electron chi connectivity index (χ3n) is 6.06. The van der Waals surface area contributed by atoms with Crippen LogP contribution >= 0.6 is 0 Å². The molecule has 0 bridgehead atoms. The van der Waals surface area contributed by atoms with Gasteiger partial charge in [0, 0.05) is 0 Å². The van der Waals surface area contributed by atoms with Crippen molar-refractivity contribution in [3.63, 3.8) is 0 Å². The van der Waals surface area contributed by atoms with Crippen LogP contribution < -0.4 is 0 Å². The molecule has 0 radical (unpaired) electrons. The molecule has 0 aliphatic heterocycles. The van der Waals surface area contributed by atoms with E-state index in [0.29, 0.717) is 16.2 Å². The maximum absolute atomic E-state index is 10.9. The molecule has 0 aliphatic rings. The summed E-state index contributed by atoms with van der Waals surface area (Å²) >= 11 is 0. The van der Waals surface area contributed by atoms with Crippen molar-refractivity contribution in [3.05, 3.63) is 127 Å². The molecular formula is C30H21AuO9S3. The zero-order chi connectivity index (χ0) is 30.5. The maximum Gasteiger partial charge on any atom is 3.00 e. The molecule has 0 saturated heterocycles. The molecule has 0 aliphatic carbocycles. The van der Waals surface area contributed by atoms with Gasteiger partial charge in [0.1, 0.15) is 30.4 Å². The molecule has 6 rings (SSSR count). The van der Waals surface area contributed by atoms with Crippen LogP contribution in [0.25, 0.3) is 32.3 Å². The van der Waals surface area contributed by atoms with Gasteiger partial charge in [-0.05, 0) is 50.5 Å². The zero-order valence-electron chi connectivity index (χ0n) is 21.8. The van der Waals surface area contributed by atoms with Crippen LogP contribution in [0.5, 0.6) is 0 Å². The summed E-state index contributed by atoms with van der Waals surface area (Å²) in [6, 6.07) is 34.6. The van der Waals surface area contributed by atoms with Crippen LogP contribution in [0.3, 0.4) is 0 Å². The number of hydrogen-bond donors (Lipinski definition) is 0. The standard InChI is InChI=1S/3C10H8O3S.Au/c3*11-14(12,13)10-7-3-5-8-4-1-2-6-9(8)10;/h3*1-7H,(H,11,12,13);/q;;;+3/p-3. The minimum Gasteiger partial charge on any atom is -0.744 e. The SMILES string of the molecule is O=S(=O)([O-])c1cccc2ccccc12.O=S(=O)([O-])c1cccc2ccccc12.O=S(=O)([O-])c1cccc2ccccc12.[Au+3]. The first-order chi connectivity index (χ1) is 19.8. The van der Waals surface area contributed by atoms with Crippen molar-refractivity contribution in [2.45, 2.75) is 14.7 Å². The summed E-state index contributed by atoms with van der Waals surface area (Å²) in [6.07, 6.45) is 0. The molecule has 224 valence electrons. The number of fused-ring (bicyclic) bond motifs is 3. The second kappa shape index (κ2) is 13.9. The van der Waals surface area contributed by atoms with Crippen molar-refractivity contribution in [2.24, 2.45) is 0 Å². The van der Waals surface area contributed by atoms with E-state index in [1.54, 1.807) is 109 Å². The number of rotatable bonds is 3. The molecule has 0 unspecified atom stereocenters. The van der Waals surface area contributed by atoms with Gasteiger partial charge in [0.25, 0.3) is 0 Å². The van der Waals surface area contributed by atoms with Crippen LogP contribution in [0.2, 0.25) is 0 Å². The van der Waals surface area contributed by atoms with Crippen LogP contribution in [-0.2, 0) is 52.7 Å². The average molecular weight is 819 g/mol. The summed E-state index contributed by atoms with van der Waals surface area (Å²) < 4.78 is 98.0. The van der Waals surface area contributed by atoms with Crippen LogP contribution in [0.1, 0.15) is 0 Å². The molecule has 0 N–H and O–H groups in total. The molecule has 13 heteroatoms. The minimum absolute atomic E-state index is 0. The number of benzene rings is 6. The molecule has 0 saturated carbocycles. The molecule has 9 nitrogen and oxygen atoms in total. The summed E-state index contributed by atoms with van der Waals surface area (Å²) in [5, 5.41) is 3.69. The van der Waals surface area contributed by atoms with Crippen molar-refractivity contribution in [1.82, 2.24) is 0 Å². The van der Waals surface area contributed by atoms with Crippen LogP contribution in [-0.4, -0.2) is 38.9 Å². The first kappa shape index (κ1) is 34.1. The Balaban J connectivity index is 0.000000175. The Morgan fingerprint density at radius 3 is 0.767 bits per heavy atom. The molecule has 6 aromatic rings. The summed E-state index contributed by atoms with van der Waals surface area (Å²) in [7, 11) is -13.1. The van der Waals surface area contributed by atoms with Crippen LogP contribution in [0.15, 0.2) is 142 Å². The van der Waals surface area contributed by atoms with Gasteiger partial charge in [0.05, 0.1) is 14.7 Å². The van der Waals surface area contributed by atoms with Gasteiger partial charge >= 0.3 is 22.4 Å². The average Bonchev–Trinajstić information content (AvgIpc) is 2.95. The summed E-state index contributed by atoms with van der Waals surface area (Å²) in [4.78, 5) is -0.471. The van der Waals surface area contributed by atoms with Gasteiger partial charge in [0.2, 0.25) is 0 Å². The van der Waals surface area contributed by atoms with Gasteiger partial charge in [-0.2, -0.15) is 0 Å². The maximum atomic E-state index is 10.9. The van der Waals surface area contributed by atoms with Crippen molar-refractivity contribution < 1.29 is 61.3 Å². The second-order valence-corrected chi connectivity index (χ2v) is 12.8. The molecule has 6 aromatic carbocycles. The third-order valence-corrected chi connectivity index (χ3v) is 8.74. The smallest absolute Gasteiger partial charge is 0.744 e. The Labute approximate surface area is 264 Å². The fourth-order valence-corrected chi connectivity index (χ4v) is 6.34. The Bertz CT molecular complexity index is 1960. The Kier molecular flexibility index (Phi) is 11.0. The van der Waals surface area contributed by atoms with E-state index in [0.717, 1.165) is 16.2 Å². The van der Waals surface area contributed by atoms with E-state index < -0.39 is 30.4 Å². The first-order valence-electron chi connectivity index (χ1n) is 12.1. The molecule has 0 aromatic heterocycles. The summed E-state index contributed by atoms with van der Waals surface area (Å²) in [5.74, 6) is 0. The Morgan fingerprint density at radius 1 is 0.326 bits per heavy atom. The molecule has 0 fully saturated rings. The van der Waals surface area contributed by atoms with Crippen molar-refractivity contribution in [2.75, 3.05) is 0 Å². The minimum atomic E-state index is -4.38. The number of hydrogen-bond acceptors (Lipinski definition) is 9. The summed E-state index contributed by atoms with van der Waals surface area (Å²) in [6.45, 7) is 0. The van der Waals surface area contributed by atoms with Gasteiger partial charge in [-0.3, -0.25) is 0 Å². The zero-order valence-corrected chi connectivity index (χ0v) is 26.4. The van der Waals surface area contributed by atoms with Gasteiger partial charge < -0.3 is 13.7 Å². The second-order valence-electron chi connectivity index (χ2n) is 8.79. The van der Waals surface area contributed by atoms with Crippen molar-refractivity contribution >= 4 is 62.7 Å². The Hall–Kier alpha value is -3.43. The van der Waals surface area contributed by atoms with Gasteiger partial charge in [0.15, 0.2) is 0 Å². The normalized spacial score (nSPS) is 11.5.